The van der Waals surface area contributed by atoms with E-state index in [9.17, 15) is 32.7 Å². The number of carbonyl (C=O) groups excluding carboxylic acids is 4. The van der Waals surface area contributed by atoms with Crippen LogP contribution in [0.5, 0.6) is 5.75 Å². The lowest BCUT2D eigenvalue weighted by molar-refractivity contribution is -0.144. The Bertz CT molecular complexity index is 2450. The van der Waals surface area contributed by atoms with Gasteiger partial charge in [-0.2, -0.15) is 18.2 Å². The molecule has 5 aliphatic rings. The van der Waals surface area contributed by atoms with E-state index in [1.807, 2.05) is 24.3 Å². The van der Waals surface area contributed by atoms with Gasteiger partial charge in [-0.05, 0) is 79.1 Å². The van der Waals surface area contributed by atoms with Crippen molar-refractivity contribution in [2.45, 2.75) is 55.8 Å². The van der Waals surface area contributed by atoms with Crippen molar-refractivity contribution in [2.24, 2.45) is 23.7 Å². The number of aromatic hydroxyl groups is 1. The number of likely N-dealkylation sites (tertiary alicyclic amines) is 2. The third-order valence-corrected chi connectivity index (χ3v) is 13.8. The maximum absolute atomic E-state index is 15.4. The molecule has 0 bridgehead atoms. The molecule has 60 heavy (non-hydrogen) atoms. The van der Waals surface area contributed by atoms with E-state index in [1.54, 1.807) is 24.3 Å². The van der Waals surface area contributed by atoms with Gasteiger partial charge >= 0.3 is 6.18 Å². The van der Waals surface area contributed by atoms with Gasteiger partial charge in [0, 0.05) is 53.4 Å². The number of hydrogen-bond donors (Lipinski definition) is 2. The number of hydrazine groups is 1. The first kappa shape index (κ1) is 40.5. The van der Waals surface area contributed by atoms with Crippen molar-refractivity contribution in [3.63, 3.8) is 0 Å². The summed E-state index contributed by atoms with van der Waals surface area (Å²) in [6.45, 7) is 2.14. The van der Waals surface area contributed by atoms with Gasteiger partial charge in [0.1, 0.15) is 5.75 Å². The molecule has 4 amide bonds. The van der Waals surface area contributed by atoms with Crippen molar-refractivity contribution in [1.29, 1.82) is 0 Å². The molecule has 3 aliphatic heterocycles. The van der Waals surface area contributed by atoms with Crippen LogP contribution in [-0.4, -0.2) is 67.7 Å². The minimum Gasteiger partial charge on any atom is -0.508 e. The second-order valence-electron chi connectivity index (χ2n) is 16.2. The first-order valence-corrected chi connectivity index (χ1v) is 20.8. The number of pyridine rings is 1. The molecular formula is C44H37Cl3F3N5O5. The second kappa shape index (κ2) is 15.2. The fourth-order valence-corrected chi connectivity index (χ4v) is 11.0. The molecule has 0 spiro atoms. The van der Waals surface area contributed by atoms with Gasteiger partial charge in [-0.25, -0.2) is 4.98 Å². The van der Waals surface area contributed by atoms with Crippen LogP contribution in [0.25, 0.3) is 0 Å². The van der Waals surface area contributed by atoms with Gasteiger partial charge in [0.25, 0.3) is 11.8 Å². The molecule has 3 saturated heterocycles. The van der Waals surface area contributed by atoms with Crippen molar-refractivity contribution in [3.8, 4) is 5.75 Å². The quantitative estimate of drug-likeness (QED) is 0.140. The number of imide groups is 2. The first-order valence-electron chi connectivity index (χ1n) is 19.6. The highest BCUT2D eigenvalue weighted by Gasteiger charge is 2.71. The first-order chi connectivity index (χ1) is 28.7. The fraction of sp³-hybridized carbons (Fsp3) is 0.341. The summed E-state index contributed by atoms with van der Waals surface area (Å²) in [6.07, 6.45) is -1.02. The van der Waals surface area contributed by atoms with E-state index >= 15 is 4.79 Å². The Hall–Kier alpha value is -4.95. The van der Waals surface area contributed by atoms with Crippen LogP contribution in [0, 0.1) is 23.7 Å². The van der Waals surface area contributed by atoms with Crippen LogP contribution in [0.1, 0.15) is 53.9 Å². The summed E-state index contributed by atoms with van der Waals surface area (Å²) in [7, 11) is 0. The number of phenolic OH excluding ortho intramolecular Hbond substituents is 1. The molecule has 6 atom stereocenters. The monoisotopic (exact) mass is 877 g/mol. The minimum absolute atomic E-state index is 0.0488. The highest BCUT2D eigenvalue weighted by molar-refractivity contribution is 6.33. The highest BCUT2D eigenvalue weighted by atomic mass is 35.5. The predicted octanol–water partition coefficient (Wildman–Crippen LogP) is 8.42. The zero-order valence-electron chi connectivity index (χ0n) is 31.7. The van der Waals surface area contributed by atoms with E-state index in [0.29, 0.717) is 59.4 Å². The van der Waals surface area contributed by atoms with Crippen LogP contribution in [0.3, 0.4) is 0 Å². The molecule has 3 aromatic carbocycles. The zero-order valence-corrected chi connectivity index (χ0v) is 34.0. The van der Waals surface area contributed by atoms with Crippen molar-refractivity contribution in [2.75, 3.05) is 18.5 Å². The van der Waals surface area contributed by atoms with Crippen molar-refractivity contribution >= 4 is 64.2 Å². The number of aromatic nitrogens is 1. The molecular weight excluding hydrogens is 842 g/mol. The van der Waals surface area contributed by atoms with E-state index in [4.69, 9.17) is 34.8 Å². The maximum atomic E-state index is 15.4. The molecule has 2 N–H and O–H groups in total. The van der Waals surface area contributed by atoms with Crippen LogP contribution < -0.4 is 5.43 Å². The number of hydrogen-bond acceptors (Lipinski definition) is 8. The molecule has 1 aromatic heterocycles. The lowest BCUT2D eigenvalue weighted by Crippen LogP contribution is -2.53. The third kappa shape index (κ3) is 6.56. The number of carbonyl (C=O) groups is 4. The van der Waals surface area contributed by atoms with Gasteiger partial charge in [-0.1, -0.05) is 88.9 Å². The lowest BCUT2D eigenvalue weighted by atomic mass is 9.49. The Morgan fingerprint density at radius 2 is 1.55 bits per heavy atom. The van der Waals surface area contributed by atoms with Crippen LogP contribution >= 0.6 is 34.8 Å². The summed E-state index contributed by atoms with van der Waals surface area (Å²) in [5, 5.41) is 12.4. The number of benzene rings is 3. The van der Waals surface area contributed by atoms with E-state index in [1.165, 1.54) is 28.7 Å². The number of alkyl halides is 3. The Morgan fingerprint density at radius 3 is 2.23 bits per heavy atom. The Morgan fingerprint density at radius 1 is 0.850 bits per heavy atom. The molecule has 6 unspecified atom stereocenters. The van der Waals surface area contributed by atoms with E-state index in [2.05, 4.69) is 27.4 Å². The van der Waals surface area contributed by atoms with E-state index in [0.717, 1.165) is 6.54 Å². The third-order valence-electron chi connectivity index (χ3n) is 13.1. The van der Waals surface area contributed by atoms with Crippen molar-refractivity contribution in [3.05, 3.63) is 134 Å². The number of piperidine rings is 1. The average molecular weight is 879 g/mol. The van der Waals surface area contributed by atoms with Crippen LogP contribution in [0.15, 0.2) is 96.7 Å². The maximum Gasteiger partial charge on any atom is 0.417 e. The topological polar surface area (TPSA) is 123 Å². The van der Waals surface area contributed by atoms with Gasteiger partial charge in [0.2, 0.25) is 11.8 Å². The number of nitrogens with one attached hydrogen (secondary N) is 1. The highest BCUT2D eigenvalue weighted by Crippen LogP contribution is 2.65. The van der Waals surface area contributed by atoms with Crippen molar-refractivity contribution in [1.82, 2.24) is 19.8 Å². The second-order valence-corrected chi connectivity index (χ2v) is 17.4. The minimum atomic E-state index is -4.76. The Kier molecular flexibility index (Phi) is 10.2. The summed E-state index contributed by atoms with van der Waals surface area (Å²) in [5.41, 5.74) is 2.00. The molecule has 4 fully saturated rings. The van der Waals surface area contributed by atoms with Crippen LogP contribution in [-0.2, 0) is 37.3 Å². The van der Waals surface area contributed by atoms with Crippen molar-refractivity contribution < 1.29 is 37.5 Å². The van der Waals surface area contributed by atoms with Gasteiger partial charge in [0.15, 0.2) is 5.82 Å². The SMILES string of the molecule is O=C1C2CC3C(=CCC4C(=O)N(C5CCN(Cc6ccccc6)CC5)C(=O)C43)C(c3cc(Cl)ccc3O)C2(c2ccc(Cl)cc2)C(=O)N1Nc1ncc(C(F)(F)F)cc1Cl. The smallest absolute Gasteiger partial charge is 0.417 e. The van der Waals surface area contributed by atoms with Crippen LogP contribution in [0.2, 0.25) is 15.1 Å². The number of rotatable bonds is 7. The van der Waals surface area contributed by atoms with E-state index in [-0.39, 0.29) is 52.9 Å². The summed E-state index contributed by atoms with van der Waals surface area (Å²) in [4.78, 5) is 67.0. The van der Waals surface area contributed by atoms with Gasteiger partial charge < -0.3 is 5.11 Å². The average Bonchev–Trinajstić information content (AvgIpc) is 3.60. The predicted molar refractivity (Wildman–Crippen MR) is 217 cm³/mol. The van der Waals surface area contributed by atoms with Gasteiger partial charge in [-0.15, -0.1) is 0 Å². The van der Waals surface area contributed by atoms with E-state index < -0.39 is 63.6 Å². The Balaban J connectivity index is 1.12. The normalized spacial score (nSPS) is 27.2. The summed E-state index contributed by atoms with van der Waals surface area (Å²) < 4.78 is 40.6. The molecule has 0 radical (unpaired) electrons. The summed E-state index contributed by atoms with van der Waals surface area (Å²) in [5.74, 6) is -7.39. The van der Waals surface area contributed by atoms with Crippen LogP contribution in [0.4, 0.5) is 19.0 Å². The number of nitrogens with zero attached hydrogens (tertiary/aromatic N) is 4. The standard InChI is InChI=1S/C44H37Cl3F3N5O5/c45-26-8-6-24(7-9-26)43-33(40(58)55(42(43)60)52-38-34(47)18-25(21-51-38)44(48,49)50)20-31-29(37(43)32-19-27(46)10-13-35(32)56)11-12-30-36(31)41(59)54(39(30)57)28-14-16-53(17-15-28)22-23-4-2-1-3-5-23/h1-11,13,18-19,21,28,30-31,33,36-37,56H,12,14-17,20,22H2,(H,51,52). The molecule has 10 nitrogen and oxygen atoms in total. The number of amides is 4. The fourth-order valence-electron chi connectivity index (χ4n) is 10.4. The summed E-state index contributed by atoms with van der Waals surface area (Å²) in [6, 6.07) is 21.2. The number of halogens is 6. The number of anilines is 1. The summed E-state index contributed by atoms with van der Waals surface area (Å²) >= 11 is 19.2. The largest absolute Gasteiger partial charge is 0.508 e. The Labute approximate surface area is 357 Å². The molecule has 4 aromatic rings. The number of phenols is 1. The molecule has 310 valence electrons. The van der Waals surface area contributed by atoms with Gasteiger partial charge in [0.05, 0.1) is 33.8 Å². The molecule has 16 heteroatoms. The zero-order chi connectivity index (χ0) is 42.2. The van der Waals surface area contributed by atoms with Gasteiger partial charge in [-0.3, -0.25) is 34.4 Å². The lowest BCUT2D eigenvalue weighted by Gasteiger charge is -2.50. The number of fused-ring (bicyclic) bond motifs is 4. The molecule has 9 rings (SSSR count). The number of allylic oxidation sites excluding steroid dienone is 2. The molecule has 2 aliphatic carbocycles. The molecule has 4 heterocycles. The molecule has 1 saturated carbocycles.